The van der Waals surface area contributed by atoms with Crippen molar-refractivity contribution in [2.45, 2.75) is 37.1 Å². The average Bonchev–Trinajstić information content (AvgIpc) is 2.78. The van der Waals surface area contributed by atoms with E-state index in [-0.39, 0.29) is 16.3 Å². The second kappa shape index (κ2) is 12.0. The molecule has 0 fully saturated rings. The minimum atomic E-state index is -4.05. The molecule has 0 atom stereocenters. The average molecular weight is 514 g/mol. The van der Waals surface area contributed by atoms with Crippen molar-refractivity contribution in [2.24, 2.45) is 0 Å². The fourth-order valence-electron chi connectivity index (χ4n) is 3.50. The first-order chi connectivity index (χ1) is 15.8. The summed E-state index contributed by atoms with van der Waals surface area (Å²) in [5.41, 5.74) is 1.49. The highest BCUT2D eigenvalue weighted by Gasteiger charge is 2.12. The molecular formula is C21H23NO8S3. The zero-order chi connectivity index (χ0) is 23.8. The molecule has 9 nitrogen and oxygen atoms in total. The van der Waals surface area contributed by atoms with Crippen LogP contribution in [0.2, 0.25) is 0 Å². The van der Waals surface area contributed by atoms with E-state index >= 15 is 0 Å². The van der Waals surface area contributed by atoms with Crippen molar-refractivity contribution in [3.8, 4) is 0 Å². The molecule has 0 spiro atoms. The molecule has 1 aromatic heterocycles. The van der Waals surface area contributed by atoms with E-state index in [0.29, 0.717) is 35.1 Å². The van der Waals surface area contributed by atoms with Crippen molar-refractivity contribution < 1.29 is 32.4 Å². The number of fused-ring (bicyclic) bond motifs is 2. The van der Waals surface area contributed by atoms with E-state index in [1.54, 1.807) is 18.2 Å². The number of carbonyl (C=O) groups is 1. The number of unbranched alkanes of at least 4 members (excludes halogenated alkanes) is 2. The summed E-state index contributed by atoms with van der Waals surface area (Å²) in [6, 6.07) is 12.6. The summed E-state index contributed by atoms with van der Waals surface area (Å²) in [5.74, 6) is -0.391. The van der Waals surface area contributed by atoms with Gasteiger partial charge in [0.1, 0.15) is 0 Å². The fraction of sp³-hybridized carbons (Fsp3) is 0.333. The molecule has 0 unspecified atom stereocenters. The van der Waals surface area contributed by atoms with Crippen LogP contribution in [0.15, 0.2) is 52.2 Å². The Hall–Kier alpha value is -1.93. The maximum Gasteiger partial charge on any atom is 0.265 e. The van der Waals surface area contributed by atoms with Crippen LogP contribution >= 0.6 is 23.8 Å². The minimum absolute atomic E-state index is 0.0444. The van der Waals surface area contributed by atoms with Crippen LogP contribution < -0.4 is 5.43 Å². The number of benzene rings is 2. The summed E-state index contributed by atoms with van der Waals surface area (Å²) in [7, 11) is -4.05. The lowest BCUT2D eigenvalue weighted by atomic mass is 10.1. The Labute approximate surface area is 198 Å². The van der Waals surface area contributed by atoms with Gasteiger partial charge in [0.05, 0.1) is 28.8 Å². The zero-order valence-electron chi connectivity index (χ0n) is 17.5. The first kappa shape index (κ1) is 25.7. The molecule has 12 heteroatoms. The Bertz CT molecular complexity index is 1290. The van der Waals surface area contributed by atoms with Gasteiger partial charge >= 0.3 is 0 Å². The summed E-state index contributed by atoms with van der Waals surface area (Å²) >= 11 is 1.70. The van der Waals surface area contributed by atoms with Crippen LogP contribution in [-0.4, -0.2) is 39.4 Å². The van der Waals surface area contributed by atoms with E-state index in [4.69, 9.17) is 9.81 Å². The van der Waals surface area contributed by atoms with Crippen molar-refractivity contribution in [2.75, 3.05) is 11.5 Å². The maximum atomic E-state index is 13.0. The highest BCUT2D eigenvalue weighted by molar-refractivity contribution is 8.14. The number of nitrogens with zero attached hydrogens (tertiary/aromatic N) is 1. The third-order valence-electron chi connectivity index (χ3n) is 4.97. The summed E-state index contributed by atoms with van der Waals surface area (Å²) in [6.45, 7) is 0.643. The molecule has 0 aliphatic rings. The lowest BCUT2D eigenvalue weighted by Crippen LogP contribution is -2.12. The molecule has 2 N–H and O–H groups in total. The lowest BCUT2D eigenvalue weighted by Gasteiger charge is -2.15. The van der Waals surface area contributed by atoms with E-state index < -0.39 is 15.9 Å². The number of para-hydroxylation sites is 1. The van der Waals surface area contributed by atoms with Gasteiger partial charge in [0.25, 0.3) is 10.1 Å². The number of aryl methyl sites for hydroxylation is 1. The van der Waals surface area contributed by atoms with Crippen LogP contribution in [0.1, 0.15) is 25.7 Å². The quantitative estimate of drug-likeness (QED) is 0.0902. The minimum Gasteiger partial charge on any atom is -0.340 e. The largest absolute Gasteiger partial charge is 0.340 e. The second-order valence-electron chi connectivity index (χ2n) is 7.22. The van der Waals surface area contributed by atoms with Gasteiger partial charge in [-0.2, -0.15) is 8.42 Å². The number of hydrogen-bond acceptors (Lipinski definition) is 9. The van der Waals surface area contributed by atoms with E-state index in [2.05, 4.69) is 13.9 Å². The molecule has 0 radical (unpaired) electrons. The molecule has 0 bridgehead atoms. The molecule has 0 aliphatic heterocycles. The molecule has 0 aliphatic carbocycles. The lowest BCUT2D eigenvalue weighted by molar-refractivity contribution is -0.432. The second-order valence-corrected chi connectivity index (χ2v) is 10.7. The molecule has 3 rings (SSSR count). The number of pyridine rings is 1. The van der Waals surface area contributed by atoms with Crippen LogP contribution in [0, 0.1) is 0 Å². The number of hydrogen-bond donors (Lipinski definition) is 2. The van der Waals surface area contributed by atoms with Crippen molar-refractivity contribution in [3.05, 3.63) is 52.7 Å². The van der Waals surface area contributed by atoms with E-state index in [0.717, 1.165) is 47.7 Å². The van der Waals surface area contributed by atoms with E-state index in [1.165, 1.54) is 0 Å². The van der Waals surface area contributed by atoms with Crippen LogP contribution in [0.3, 0.4) is 0 Å². The fourth-order valence-corrected chi connectivity index (χ4v) is 5.60. The van der Waals surface area contributed by atoms with E-state index in [1.807, 2.05) is 24.3 Å². The molecule has 1 heterocycles. The zero-order valence-corrected chi connectivity index (χ0v) is 20.0. The Kier molecular flexibility index (Phi) is 9.32. The number of aromatic nitrogens is 1. The first-order valence-corrected chi connectivity index (χ1v) is 13.4. The summed E-state index contributed by atoms with van der Waals surface area (Å²) in [5, 5.41) is 13.0. The van der Waals surface area contributed by atoms with Gasteiger partial charge in [-0.05, 0) is 43.2 Å². The summed E-state index contributed by atoms with van der Waals surface area (Å²) < 4.78 is 36.7. The molecule has 0 saturated carbocycles. The van der Waals surface area contributed by atoms with E-state index in [9.17, 15) is 18.0 Å². The van der Waals surface area contributed by atoms with Gasteiger partial charge < -0.3 is 4.57 Å². The molecule has 0 amide bonds. The molecule has 0 saturated heterocycles. The van der Waals surface area contributed by atoms with Gasteiger partial charge in [-0.3, -0.25) is 14.1 Å². The molecule has 3 aromatic rings. The molecular weight excluding hydrogens is 490 g/mol. The molecule has 178 valence electrons. The monoisotopic (exact) mass is 513 g/mol. The highest BCUT2D eigenvalue weighted by atomic mass is 32.2. The predicted octanol–water partition coefficient (Wildman–Crippen LogP) is 4.29. The van der Waals surface area contributed by atoms with Gasteiger partial charge in [0.2, 0.25) is 0 Å². The highest BCUT2D eigenvalue weighted by Crippen LogP contribution is 2.26. The smallest absolute Gasteiger partial charge is 0.265 e. The van der Waals surface area contributed by atoms with Crippen molar-refractivity contribution in [1.82, 2.24) is 4.57 Å². The van der Waals surface area contributed by atoms with Crippen LogP contribution in [0.25, 0.3) is 21.8 Å². The SMILES string of the molecule is O=C(CCCCCn1c2ccccc2c(=O)c2cc(SOOO)ccc21)SCCS(=O)(=O)O. The molecule has 2 aromatic carbocycles. The number of rotatable bonds is 12. The normalized spacial score (nSPS) is 11.9. The van der Waals surface area contributed by atoms with Crippen LogP contribution in [0.4, 0.5) is 0 Å². The van der Waals surface area contributed by atoms with Crippen molar-refractivity contribution in [3.63, 3.8) is 0 Å². The van der Waals surface area contributed by atoms with Crippen molar-refractivity contribution >= 4 is 60.8 Å². The summed E-state index contributed by atoms with van der Waals surface area (Å²) in [4.78, 5) is 25.5. The van der Waals surface area contributed by atoms with Gasteiger partial charge in [0, 0.05) is 34.4 Å². The topological polar surface area (TPSA) is 132 Å². The third kappa shape index (κ3) is 7.27. The van der Waals surface area contributed by atoms with Crippen LogP contribution in [-0.2, 0) is 30.8 Å². The van der Waals surface area contributed by atoms with Crippen molar-refractivity contribution in [1.29, 1.82) is 0 Å². The van der Waals surface area contributed by atoms with Crippen LogP contribution in [0.5, 0.6) is 0 Å². The summed E-state index contributed by atoms with van der Waals surface area (Å²) in [6.07, 6.45) is 2.55. The standard InChI is InChI=1S/C21H23NO8S3/c23-20(31-12-13-33(26,27)28)8-2-1-5-11-22-18-7-4-3-6-16(18)21(24)17-14-15(32-30-29-25)9-10-19(17)22/h3-4,6-7,9-10,14,25H,1-2,5,8,11-13H2,(H,26,27,28). The number of thioether (sulfide) groups is 1. The Morgan fingerprint density at radius 2 is 1.79 bits per heavy atom. The predicted molar refractivity (Wildman–Crippen MR) is 129 cm³/mol. The van der Waals surface area contributed by atoms with Gasteiger partial charge in [-0.25, -0.2) is 5.26 Å². The van der Waals surface area contributed by atoms with Gasteiger partial charge in [0.15, 0.2) is 10.5 Å². The molecule has 33 heavy (non-hydrogen) atoms. The third-order valence-corrected chi connectivity index (χ3v) is 7.46. The van der Waals surface area contributed by atoms with Gasteiger partial charge in [-0.1, -0.05) is 35.4 Å². The number of carbonyl (C=O) groups excluding carboxylic acids is 1. The Balaban J connectivity index is 1.68. The van der Waals surface area contributed by atoms with Gasteiger partial charge in [-0.15, -0.1) is 4.33 Å². The first-order valence-electron chi connectivity index (χ1n) is 10.1. The Morgan fingerprint density at radius 1 is 1.03 bits per heavy atom. The maximum absolute atomic E-state index is 13.0. The Morgan fingerprint density at radius 3 is 2.55 bits per heavy atom.